The molecule has 2 aromatic carbocycles. The molecule has 0 radical (unpaired) electrons. The summed E-state index contributed by atoms with van der Waals surface area (Å²) in [6, 6.07) is 13.2. The van der Waals surface area contributed by atoms with Crippen molar-refractivity contribution in [3.8, 4) is 0 Å². The van der Waals surface area contributed by atoms with Gasteiger partial charge in [-0.2, -0.15) is 0 Å². The van der Waals surface area contributed by atoms with Crippen LogP contribution in [0.1, 0.15) is 28.4 Å². The maximum Gasteiger partial charge on any atom is 0.256 e. The standard InChI is InChI=1S/C16H18N2O/c1-3-12-5-4-6-14(9-12)18-16(19)15-10-13(17)8-7-11(15)2/h4-10H,3,17H2,1-2H3,(H,18,19). The molecule has 0 saturated heterocycles. The molecule has 3 heteroatoms. The Balaban J connectivity index is 2.23. The molecular weight excluding hydrogens is 236 g/mol. The third-order valence-corrected chi connectivity index (χ3v) is 3.10. The van der Waals surface area contributed by atoms with Crippen LogP contribution in [-0.2, 0) is 6.42 Å². The largest absolute Gasteiger partial charge is 0.399 e. The lowest BCUT2D eigenvalue weighted by atomic mass is 10.1. The van der Waals surface area contributed by atoms with Gasteiger partial charge >= 0.3 is 0 Å². The van der Waals surface area contributed by atoms with Gasteiger partial charge in [0.25, 0.3) is 5.91 Å². The van der Waals surface area contributed by atoms with Gasteiger partial charge in [-0.25, -0.2) is 0 Å². The molecule has 19 heavy (non-hydrogen) atoms. The van der Waals surface area contributed by atoms with Crippen LogP contribution < -0.4 is 11.1 Å². The number of aryl methyl sites for hydroxylation is 2. The van der Waals surface area contributed by atoms with Crippen LogP contribution in [0.15, 0.2) is 42.5 Å². The van der Waals surface area contributed by atoms with E-state index in [1.165, 1.54) is 5.56 Å². The lowest BCUT2D eigenvalue weighted by Gasteiger charge is -2.09. The molecule has 0 atom stereocenters. The van der Waals surface area contributed by atoms with Crippen LogP contribution in [0.3, 0.4) is 0 Å². The molecule has 0 aromatic heterocycles. The van der Waals surface area contributed by atoms with E-state index in [9.17, 15) is 4.79 Å². The van der Waals surface area contributed by atoms with Crippen LogP contribution in [0, 0.1) is 6.92 Å². The first-order valence-electron chi connectivity index (χ1n) is 6.36. The molecule has 0 aliphatic heterocycles. The highest BCUT2D eigenvalue weighted by molar-refractivity contribution is 6.05. The van der Waals surface area contributed by atoms with Crippen LogP contribution in [0.2, 0.25) is 0 Å². The quantitative estimate of drug-likeness (QED) is 0.825. The van der Waals surface area contributed by atoms with Gasteiger partial charge < -0.3 is 11.1 Å². The lowest BCUT2D eigenvalue weighted by Crippen LogP contribution is -2.13. The van der Waals surface area contributed by atoms with Crippen molar-refractivity contribution < 1.29 is 4.79 Å². The van der Waals surface area contributed by atoms with Gasteiger partial charge in [0.1, 0.15) is 0 Å². The van der Waals surface area contributed by atoms with Gasteiger partial charge in [0.15, 0.2) is 0 Å². The number of amides is 1. The van der Waals surface area contributed by atoms with Crippen LogP contribution in [-0.4, -0.2) is 5.91 Å². The normalized spacial score (nSPS) is 10.2. The SMILES string of the molecule is CCc1cccc(NC(=O)c2cc(N)ccc2C)c1. The second-order valence-corrected chi connectivity index (χ2v) is 4.58. The third-order valence-electron chi connectivity index (χ3n) is 3.10. The van der Waals surface area contributed by atoms with Crippen molar-refractivity contribution in [2.75, 3.05) is 11.1 Å². The van der Waals surface area contributed by atoms with Crippen LogP contribution in [0.4, 0.5) is 11.4 Å². The van der Waals surface area contributed by atoms with Crippen molar-refractivity contribution in [3.63, 3.8) is 0 Å². The van der Waals surface area contributed by atoms with Gasteiger partial charge in [0, 0.05) is 16.9 Å². The van der Waals surface area contributed by atoms with E-state index in [-0.39, 0.29) is 5.91 Å². The van der Waals surface area contributed by atoms with Crippen molar-refractivity contribution in [1.29, 1.82) is 0 Å². The first-order chi connectivity index (χ1) is 9.10. The number of nitrogen functional groups attached to an aromatic ring is 1. The van der Waals surface area contributed by atoms with E-state index in [4.69, 9.17) is 5.73 Å². The van der Waals surface area contributed by atoms with Crippen molar-refractivity contribution in [1.82, 2.24) is 0 Å². The zero-order valence-corrected chi connectivity index (χ0v) is 11.2. The fourth-order valence-corrected chi connectivity index (χ4v) is 1.95. The molecule has 2 rings (SSSR count). The summed E-state index contributed by atoms with van der Waals surface area (Å²) in [4.78, 5) is 12.2. The number of rotatable bonds is 3. The van der Waals surface area contributed by atoms with E-state index < -0.39 is 0 Å². The number of nitrogens with two attached hydrogens (primary N) is 1. The molecule has 0 aliphatic rings. The lowest BCUT2D eigenvalue weighted by molar-refractivity contribution is 0.102. The average Bonchev–Trinajstić information content (AvgIpc) is 2.41. The van der Waals surface area contributed by atoms with E-state index in [1.807, 2.05) is 37.3 Å². The zero-order valence-electron chi connectivity index (χ0n) is 11.2. The van der Waals surface area contributed by atoms with E-state index in [2.05, 4.69) is 12.2 Å². The van der Waals surface area contributed by atoms with Gasteiger partial charge in [0.2, 0.25) is 0 Å². The van der Waals surface area contributed by atoms with Crippen molar-refractivity contribution in [3.05, 3.63) is 59.2 Å². The molecule has 0 bridgehead atoms. The molecule has 1 amide bonds. The topological polar surface area (TPSA) is 55.1 Å². The Morgan fingerprint density at radius 1 is 1.21 bits per heavy atom. The minimum atomic E-state index is -0.127. The second kappa shape index (κ2) is 5.57. The fraction of sp³-hybridized carbons (Fsp3) is 0.188. The summed E-state index contributed by atoms with van der Waals surface area (Å²) in [5, 5.41) is 2.91. The number of carbonyl (C=O) groups is 1. The van der Waals surface area contributed by atoms with Gasteiger partial charge in [-0.3, -0.25) is 4.79 Å². The first-order valence-corrected chi connectivity index (χ1v) is 6.36. The molecule has 0 spiro atoms. The number of hydrogen-bond acceptors (Lipinski definition) is 2. The van der Waals surface area contributed by atoms with E-state index in [0.29, 0.717) is 11.3 Å². The molecule has 0 heterocycles. The van der Waals surface area contributed by atoms with Gasteiger partial charge in [-0.15, -0.1) is 0 Å². The summed E-state index contributed by atoms with van der Waals surface area (Å²) in [7, 11) is 0. The van der Waals surface area contributed by atoms with E-state index >= 15 is 0 Å². The number of carbonyl (C=O) groups excluding carboxylic acids is 1. The molecule has 3 nitrogen and oxygen atoms in total. The predicted molar refractivity (Wildman–Crippen MR) is 79.4 cm³/mol. The molecule has 0 aliphatic carbocycles. The van der Waals surface area contributed by atoms with Crippen LogP contribution in [0.25, 0.3) is 0 Å². The van der Waals surface area contributed by atoms with Crippen LogP contribution in [0.5, 0.6) is 0 Å². The Hall–Kier alpha value is -2.29. The molecule has 0 saturated carbocycles. The Bertz CT molecular complexity index is 605. The summed E-state index contributed by atoms with van der Waals surface area (Å²) < 4.78 is 0. The van der Waals surface area contributed by atoms with Gasteiger partial charge in [-0.05, 0) is 48.7 Å². The smallest absolute Gasteiger partial charge is 0.256 e. The number of benzene rings is 2. The second-order valence-electron chi connectivity index (χ2n) is 4.58. The van der Waals surface area contributed by atoms with Crippen LogP contribution >= 0.6 is 0 Å². The molecule has 3 N–H and O–H groups in total. The Morgan fingerprint density at radius 3 is 2.74 bits per heavy atom. The Morgan fingerprint density at radius 2 is 2.00 bits per heavy atom. The Kier molecular flexibility index (Phi) is 3.85. The highest BCUT2D eigenvalue weighted by Crippen LogP contribution is 2.16. The van der Waals surface area contributed by atoms with Gasteiger partial charge in [0.05, 0.1) is 0 Å². The number of nitrogens with one attached hydrogen (secondary N) is 1. The monoisotopic (exact) mass is 254 g/mol. The van der Waals surface area contributed by atoms with E-state index in [1.54, 1.807) is 12.1 Å². The first kappa shape index (κ1) is 13.1. The van der Waals surface area contributed by atoms with E-state index in [0.717, 1.165) is 17.7 Å². The maximum atomic E-state index is 12.2. The van der Waals surface area contributed by atoms with Crippen molar-refractivity contribution in [2.24, 2.45) is 0 Å². The maximum absolute atomic E-state index is 12.2. The summed E-state index contributed by atoms with van der Waals surface area (Å²) in [6.07, 6.45) is 0.945. The molecule has 0 unspecified atom stereocenters. The molecule has 2 aromatic rings. The zero-order chi connectivity index (χ0) is 13.8. The highest BCUT2D eigenvalue weighted by atomic mass is 16.1. The number of anilines is 2. The number of hydrogen-bond donors (Lipinski definition) is 2. The molecule has 98 valence electrons. The molecule has 0 fully saturated rings. The minimum absolute atomic E-state index is 0.127. The highest BCUT2D eigenvalue weighted by Gasteiger charge is 2.09. The fourth-order valence-electron chi connectivity index (χ4n) is 1.95. The molecular formula is C16H18N2O. The predicted octanol–water partition coefficient (Wildman–Crippen LogP) is 3.39. The summed E-state index contributed by atoms with van der Waals surface area (Å²) in [5.41, 5.74) is 9.86. The average molecular weight is 254 g/mol. The van der Waals surface area contributed by atoms with Gasteiger partial charge in [-0.1, -0.05) is 25.1 Å². The summed E-state index contributed by atoms with van der Waals surface area (Å²) in [6.45, 7) is 3.99. The van der Waals surface area contributed by atoms with Crippen molar-refractivity contribution >= 4 is 17.3 Å². The summed E-state index contributed by atoms with van der Waals surface area (Å²) >= 11 is 0. The summed E-state index contributed by atoms with van der Waals surface area (Å²) in [5.74, 6) is -0.127. The Labute approximate surface area is 113 Å². The van der Waals surface area contributed by atoms with Crippen molar-refractivity contribution in [2.45, 2.75) is 20.3 Å². The minimum Gasteiger partial charge on any atom is -0.399 e. The third kappa shape index (κ3) is 3.13.